The van der Waals surface area contributed by atoms with Crippen LogP contribution in [0.2, 0.25) is 5.02 Å². The number of benzene rings is 1. The van der Waals surface area contributed by atoms with Gasteiger partial charge in [-0.3, -0.25) is 14.3 Å². The summed E-state index contributed by atoms with van der Waals surface area (Å²) in [6.07, 6.45) is 1.84. The van der Waals surface area contributed by atoms with Crippen molar-refractivity contribution in [3.8, 4) is 0 Å². The van der Waals surface area contributed by atoms with E-state index in [4.69, 9.17) is 16.0 Å². The molecule has 2 heterocycles. The molecule has 1 aromatic carbocycles. The first-order valence-electron chi connectivity index (χ1n) is 7.54. The number of aromatic nitrogens is 2. The number of carbonyl (C=O) groups excluding carboxylic acids is 1. The molecule has 0 aliphatic heterocycles. The fourth-order valence-corrected chi connectivity index (χ4v) is 2.65. The summed E-state index contributed by atoms with van der Waals surface area (Å²) in [5.74, 6) is -0.666. The molecule has 0 aliphatic rings. The predicted octanol–water partition coefficient (Wildman–Crippen LogP) is 2.91. The van der Waals surface area contributed by atoms with E-state index in [1.807, 2.05) is 25.1 Å². The number of pyridine rings is 1. The quantitative estimate of drug-likeness (QED) is 0.771. The van der Waals surface area contributed by atoms with Crippen molar-refractivity contribution in [2.45, 2.75) is 25.9 Å². The van der Waals surface area contributed by atoms with Gasteiger partial charge in [0.1, 0.15) is 0 Å². The molecule has 0 spiro atoms. The van der Waals surface area contributed by atoms with Crippen LogP contribution in [0.4, 0.5) is 0 Å². The first-order chi connectivity index (χ1) is 11.5. The Balaban J connectivity index is 1.67. The molecule has 24 heavy (non-hydrogen) atoms. The fourth-order valence-electron chi connectivity index (χ4n) is 2.48. The van der Waals surface area contributed by atoms with Crippen LogP contribution >= 0.6 is 11.6 Å². The van der Waals surface area contributed by atoms with E-state index in [9.17, 15) is 9.59 Å². The lowest BCUT2D eigenvalue weighted by Crippen LogP contribution is -2.29. The number of aryl methyl sites for hydroxylation is 1. The van der Waals surface area contributed by atoms with Crippen LogP contribution in [0, 0.1) is 0 Å². The number of nitrogens with one attached hydrogen (secondary N) is 1. The van der Waals surface area contributed by atoms with Crippen LogP contribution in [-0.2, 0) is 11.3 Å². The van der Waals surface area contributed by atoms with Gasteiger partial charge in [-0.25, -0.2) is 4.79 Å². The molecule has 124 valence electrons. The number of rotatable bonds is 5. The summed E-state index contributed by atoms with van der Waals surface area (Å²) in [7, 11) is 0. The molecule has 6 nitrogen and oxygen atoms in total. The average Bonchev–Trinajstić information content (AvgIpc) is 2.88. The third-order valence-electron chi connectivity index (χ3n) is 3.70. The van der Waals surface area contributed by atoms with Crippen LogP contribution in [0.3, 0.4) is 0 Å². The van der Waals surface area contributed by atoms with Crippen molar-refractivity contribution < 1.29 is 9.21 Å². The minimum Gasteiger partial charge on any atom is -0.408 e. The summed E-state index contributed by atoms with van der Waals surface area (Å²) in [5, 5.41) is 3.36. The van der Waals surface area contributed by atoms with E-state index in [1.165, 1.54) is 4.57 Å². The van der Waals surface area contributed by atoms with E-state index in [0.717, 1.165) is 5.69 Å². The zero-order chi connectivity index (χ0) is 17.1. The van der Waals surface area contributed by atoms with Crippen LogP contribution < -0.4 is 11.1 Å². The third-order valence-corrected chi connectivity index (χ3v) is 3.94. The lowest BCUT2D eigenvalue weighted by Gasteiger charge is -2.13. The van der Waals surface area contributed by atoms with E-state index in [-0.39, 0.29) is 24.9 Å². The van der Waals surface area contributed by atoms with Crippen LogP contribution in [0.1, 0.15) is 25.1 Å². The maximum absolute atomic E-state index is 12.1. The van der Waals surface area contributed by atoms with Crippen molar-refractivity contribution in [3.63, 3.8) is 0 Å². The van der Waals surface area contributed by atoms with Gasteiger partial charge < -0.3 is 9.73 Å². The number of hydrogen-bond donors (Lipinski definition) is 1. The molecule has 1 atom stereocenters. The lowest BCUT2D eigenvalue weighted by atomic mass is 10.2. The molecule has 3 aromatic rings. The van der Waals surface area contributed by atoms with Gasteiger partial charge in [0.2, 0.25) is 5.91 Å². The summed E-state index contributed by atoms with van der Waals surface area (Å²) in [5.41, 5.74) is 1.82. The minimum absolute atomic E-state index is 0.161. The highest BCUT2D eigenvalue weighted by Crippen LogP contribution is 2.18. The smallest absolute Gasteiger partial charge is 0.408 e. The van der Waals surface area contributed by atoms with E-state index in [2.05, 4.69) is 10.3 Å². The van der Waals surface area contributed by atoms with Gasteiger partial charge in [0.15, 0.2) is 5.58 Å². The number of carbonyl (C=O) groups is 1. The Morgan fingerprint density at radius 3 is 2.96 bits per heavy atom. The summed E-state index contributed by atoms with van der Waals surface area (Å²) < 4.78 is 6.57. The SMILES string of the molecule is C[C@@H](NC(=O)CCn1c(=O)oc2cc(Cl)ccc21)c1ccccn1. The zero-order valence-electron chi connectivity index (χ0n) is 13.0. The van der Waals surface area contributed by atoms with E-state index >= 15 is 0 Å². The zero-order valence-corrected chi connectivity index (χ0v) is 13.8. The second-order valence-corrected chi connectivity index (χ2v) is 5.86. The van der Waals surface area contributed by atoms with E-state index in [1.54, 1.807) is 24.4 Å². The van der Waals surface area contributed by atoms with Gasteiger partial charge in [0.05, 0.1) is 17.3 Å². The largest absolute Gasteiger partial charge is 0.419 e. The Morgan fingerprint density at radius 2 is 2.21 bits per heavy atom. The van der Waals surface area contributed by atoms with Gasteiger partial charge in [-0.15, -0.1) is 0 Å². The van der Waals surface area contributed by atoms with Gasteiger partial charge in [0, 0.05) is 30.3 Å². The lowest BCUT2D eigenvalue weighted by molar-refractivity contribution is -0.122. The highest BCUT2D eigenvalue weighted by molar-refractivity contribution is 6.31. The standard InChI is InChI=1S/C17H16ClN3O3/c1-11(13-4-2-3-8-19-13)20-16(22)7-9-21-14-6-5-12(18)10-15(14)24-17(21)23/h2-6,8,10-11H,7,9H2,1H3,(H,20,22)/t11-/m1/s1. The molecule has 0 unspecified atom stereocenters. The fraction of sp³-hybridized carbons (Fsp3) is 0.235. The van der Waals surface area contributed by atoms with Crippen LogP contribution in [0.25, 0.3) is 11.1 Å². The second-order valence-electron chi connectivity index (χ2n) is 5.43. The topological polar surface area (TPSA) is 77.1 Å². The maximum atomic E-state index is 12.1. The van der Waals surface area contributed by atoms with Crippen LogP contribution in [-0.4, -0.2) is 15.5 Å². The number of oxazole rings is 1. The normalized spacial score (nSPS) is 12.2. The Hall–Kier alpha value is -2.60. The van der Waals surface area contributed by atoms with Gasteiger partial charge in [-0.1, -0.05) is 17.7 Å². The Kier molecular flexibility index (Phi) is 4.66. The number of nitrogens with zero attached hydrogens (tertiary/aromatic N) is 2. The molecule has 0 radical (unpaired) electrons. The molecule has 1 amide bonds. The van der Waals surface area contributed by atoms with Gasteiger partial charge in [-0.05, 0) is 31.2 Å². The molecule has 0 aliphatic carbocycles. The third kappa shape index (κ3) is 3.49. The monoisotopic (exact) mass is 345 g/mol. The number of hydrogen-bond acceptors (Lipinski definition) is 4. The predicted molar refractivity (Wildman–Crippen MR) is 90.9 cm³/mol. The summed E-state index contributed by atoms with van der Waals surface area (Å²) in [6.45, 7) is 2.09. The van der Waals surface area contributed by atoms with E-state index in [0.29, 0.717) is 16.1 Å². The first-order valence-corrected chi connectivity index (χ1v) is 7.91. The van der Waals surface area contributed by atoms with Crippen LogP contribution in [0.15, 0.2) is 51.8 Å². The molecular weight excluding hydrogens is 330 g/mol. The number of amides is 1. The highest BCUT2D eigenvalue weighted by Gasteiger charge is 2.13. The van der Waals surface area contributed by atoms with Crippen molar-refractivity contribution in [3.05, 3.63) is 63.9 Å². The minimum atomic E-state index is -0.502. The van der Waals surface area contributed by atoms with E-state index < -0.39 is 5.76 Å². The molecule has 0 saturated heterocycles. The Labute approximate surface area is 143 Å². The molecular formula is C17H16ClN3O3. The van der Waals surface area contributed by atoms with Crippen molar-refractivity contribution >= 4 is 28.6 Å². The first kappa shape index (κ1) is 16.3. The van der Waals surface area contributed by atoms with Gasteiger partial charge in [-0.2, -0.15) is 0 Å². The molecule has 0 saturated carbocycles. The molecule has 2 aromatic heterocycles. The second kappa shape index (κ2) is 6.88. The van der Waals surface area contributed by atoms with Crippen molar-refractivity contribution in [2.24, 2.45) is 0 Å². The Bertz CT molecular complexity index is 918. The molecule has 3 rings (SSSR count). The number of fused-ring (bicyclic) bond motifs is 1. The van der Waals surface area contributed by atoms with Gasteiger partial charge in [0.25, 0.3) is 0 Å². The van der Waals surface area contributed by atoms with Crippen LogP contribution in [0.5, 0.6) is 0 Å². The average molecular weight is 346 g/mol. The summed E-state index contributed by atoms with van der Waals surface area (Å²) in [6, 6.07) is 10.3. The molecule has 7 heteroatoms. The summed E-state index contributed by atoms with van der Waals surface area (Å²) >= 11 is 5.88. The van der Waals surface area contributed by atoms with Gasteiger partial charge >= 0.3 is 5.76 Å². The highest BCUT2D eigenvalue weighted by atomic mass is 35.5. The van der Waals surface area contributed by atoms with Crippen molar-refractivity contribution in [1.29, 1.82) is 0 Å². The van der Waals surface area contributed by atoms with Crippen molar-refractivity contribution in [2.75, 3.05) is 0 Å². The maximum Gasteiger partial charge on any atom is 0.419 e. The molecule has 1 N–H and O–H groups in total. The number of halogens is 1. The summed E-state index contributed by atoms with van der Waals surface area (Å²) in [4.78, 5) is 28.2. The van der Waals surface area contributed by atoms with Crippen molar-refractivity contribution in [1.82, 2.24) is 14.9 Å². The Morgan fingerprint density at radius 1 is 1.38 bits per heavy atom. The molecule has 0 fully saturated rings. The molecule has 0 bridgehead atoms.